The Balaban J connectivity index is 2.16. The monoisotopic (exact) mass is 328 g/mol. The molecule has 0 heterocycles. The van der Waals surface area contributed by atoms with E-state index < -0.39 is 15.8 Å². The van der Waals surface area contributed by atoms with Crippen LogP contribution < -0.4 is 4.83 Å². The predicted molar refractivity (Wildman–Crippen MR) is 77.4 cm³/mol. The number of nitrogens with one attached hydrogen (secondary N) is 1. The zero-order valence-corrected chi connectivity index (χ0v) is 12.1. The summed E-state index contributed by atoms with van der Waals surface area (Å²) in [5.41, 5.74) is 0.254. The number of benzene rings is 2. The summed E-state index contributed by atoms with van der Waals surface area (Å²) < 4.78 is 36.4. The summed E-state index contributed by atoms with van der Waals surface area (Å²) in [4.78, 5) is 1.83. The van der Waals surface area contributed by atoms with Gasteiger partial charge in [0.15, 0.2) is 0 Å². The minimum absolute atomic E-state index is 0.0934. The molecule has 5 nitrogen and oxygen atoms in total. The Bertz CT molecular complexity index is 777. The fourth-order valence-corrected chi connectivity index (χ4v) is 2.43. The van der Waals surface area contributed by atoms with Crippen LogP contribution in [0, 0.1) is 5.82 Å². The van der Waals surface area contributed by atoms with Gasteiger partial charge in [0.05, 0.1) is 11.1 Å². The highest BCUT2D eigenvalue weighted by atomic mass is 35.5. The topological polar surface area (TPSA) is 78.8 Å². The van der Waals surface area contributed by atoms with Crippen molar-refractivity contribution in [1.29, 1.82) is 0 Å². The summed E-state index contributed by atoms with van der Waals surface area (Å²) in [6.07, 6.45) is 1.11. The maximum absolute atomic E-state index is 12.7. The SMILES string of the molecule is O=S(=O)(N/N=C\c1cc(Cl)ccc1O)c1ccc(F)cc1. The molecule has 2 aromatic carbocycles. The number of nitrogens with zero attached hydrogens (tertiary/aromatic N) is 1. The fraction of sp³-hybridized carbons (Fsp3) is 0. The van der Waals surface area contributed by atoms with Crippen LogP contribution in [0.5, 0.6) is 5.75 Å². The Labute approximate surface area is 125 Å². The second-order valence-electron chi connectivity index (χ2n) is 4.01. The number of sulfonamides is 1. The van der Waals surface area contributed by atoms with Crippen LogP contribution >= 0.6 is 11.6 Å². The van der Waals surface area contributed by atoms with Gasteiger partial charge in [0, 0.05) is 10.6 Å². The molecule has 21 heavy (non-hydrogen) atoms. The molecular weight excluding hydrogens is 319 g/mol. The molecule has 2 N–H and O–H groups in total. The number of hydrogen-bond acceptors (Lipinski definition) is 4. The van der Waals surface area contributed by atoms with E-state index in [0.29, 0.717) is 5.02 Å². The van der Waals surface area contributed by atoms with Crippen LogP contribution in [-0.2, 0) is 10.0 Å². The molecule has 0 bridgehead atoms. The molecule has 0 spiro atoms. The molecule has 0 fully saturated rings. The third-order valence-corrected chi connectivity index (χ3v) is 3.96. The molecule has 0 amide bonds. The number of aromatic hydroxyl groups is 1. The molecule has 0 aliphatic heterocycles. The quantitative estimate of drug-likeness (QED) is 0.668. The van der Waals surface area contributed by atoms with Crippen molar-refractivity contribution < 1.29 is 17.9 Å². The van der Waals surface area contributed by atoms with E-state index in [9.17, 15) is 17.9 Å². The van der Waals surface area contributed by atoms with E-state index in [0.717, 1.165) is 30.5 Å². The predicted octanol–water partition coefficient (Wildman–Crippen LogP) is 2.50. The highest BCUT2D eigenvalue weighted by Crippen LogP contribution is 2.19. The summed E-state index contributed by atoms with van der Waals surface area (Å²) in [6, 6.07) is 8.55. The first-order valence-electron chi connectivity index (χ1n) is 5.67. The number of rotatable bonds is 4. The molecule has 2 rings (SSSR count). The number of hydrogen-bond donors (Lipinski definition) is 2. The highest BCUT2D eigenvalue weighted by molar-refractivity contribution is 7.89. The lowest BCUT2D eigenvalue weighted by molar-refractivity contribution is 0.474. The second kappa shape index (κ2) is 6.11. The molecule has 0 saturated carbocycles. The van der Waals surface area contributed by atoms with E-state index in [2.05, 4.69) is 5.10 Å². The Kier molecular flexibility index (Phi) is 4.44. The lowest BCUT2D eigenvalue weighted by Gasteiger charge is -2.03. The average Bonchev–Trinajstić information content (AvgIpc) is 2.43. The molecule has 110 valence electrons. The third kappa shape index (κ3) is 3.93. The van der Waals surface area contributed by atoms with Gasteiger partial charge in [-0.1, -0.05) is 11.6 Å². The molecule has 0 aliphatic rings. The van der Waals surface area contributed by atoms with Gasteiger partial charge in [-0.2, -0.15) is 13.5 Å². The summed E-state index contributed by atoms with van der Waals surface area (Å²) >= 11 is 5.75. The fourth-order valence-electron chi connectivity index (χ4n) is 1.46. The Morgan fingerprint density at radius 2 is 1.86 bits per heavy atom. The van der Waals surface area contributed by atoms with Crippen LogP contribution in [0.25, 0.3) is 0 Å². The number of phenols is 1. The molecule has 0 radical (unpaired) electrons. The lowest BCUT2D eigenvalue weighted by Crippen LogP contribution is -2.18. The smallest absolute Gasteiger partial charge is 0.276 e. The van der Waals surface area contributed by atoms with E-state index >= 15 is 0 Å². The summed E-state index contributed by atoms with van der Waals surface area (Å²) in [7, 11) is -3.90. The van der Waals surface area contributed by atoms with Gasteiger partial charge >= 0.3 is 0 Å². The average molecular weight is 329 g/mol. The Hall–Kier alpha value is -2.12. The van der Waals surface area contributed by atoms with E-state index in [1.165, 1.54) is 18.2 Å². The van der Waals surface area contributed by atoms with Gasteiger partial charge in [-0.3, -0.25) is 0 Å². The van der Waals surface area contributed by atoms with Crippen LogP contribution in [-0.4, -0.2) is 19.7 Å². The van der Waals surface area contributed by atoms with Crippen LogP contribution in [0.1, 0.15) is 5.56 Å². The first kappa shape index (κ1) is 15.3. The van der Waals surface area contributed by atoms with Crippen molar-refractivity contribution in [2.45, 2.75) is 4.90 Å². The van der Waals surface area contributed by atoms with E-state index in [-0.39, 0.29) is 16.2 Å². The number of phenolic OH excluding ortho intramolecular Hbond substituents is 1. The molecule has 0 aromatic heterocycles. The van der Waals surface area contributed by atoms with Gasteiger partial charge in [-0.15, -0.1) is 0 Å². The van der Waals surface area contributed by atoms with Gasteiger partial charge < -0.3 is 5.11 Å². The van der Waals surface area contributed by atoms with Crippen LogP contribution in [0.3, 0.4) is 0 Å². The molecule has 0 unspecified atom stereocenters. The first-order chi connectivity index (χ1) is 9.88. The maximum atomic E-state index is 12.7. The normalized spacial score (nSPS) is 11.7. The van der Waals surface area contributed by atoms with Crippen molar-refractivity contribution in [3.63, 3.8) is 0 Å². The third-order valence-electron chi connectivity index (χ3n) is 2.49. The molecule has 0 saturated heterocycles. The van der Waals surface area contributed by atoms with Gasteiger partial charge in [0.1, 0.15) is 11.6 Å². The minimum atomic E-state index is -3.90. The van der Waals surface area contributed by atoms with E-state index in [1.807, 2.05) is 4.83 Å². The lowest BCUT2D eigenvalue weighted by atomic mass is 10.2. The van der Waals surface area contributed by atoms with Crippen LogP contribution in [0.2, 0.25) is 5.02 Å². The van der Waals surface area contributed by atoms with Gasteiger partial charge in [-0.25, -0.2) is 9.22 Å². The van der Waals surface area contributed by atoms with Crippen molar-refractivity contribution in [3.8, 4) is 5.75 Å². The summed E-state index contributed by atoms with van der Waals surface area (Å²) in [5.74, 6) is -0.634. The van der Waals surface area contributed by atoms with Crippen molar-refractivity contribution >= 4 is 27.8 Å². The summed E-state index contributed by atoms with van der Waals surface area (Å²) in [6.45, 7) is 0. The van der Waals surface area contributed by atoms with Gasteiger partial charge in [0.2, 0.25) is 0 Å². The van der Waals surface area contributed by atoms with E-state index in [4.69, 9.17) is 11.6 Å². The highest BCUT2D eigenvalue weighted by Gasteiger charge is 2.12. The standard InChI is InChI=1S/C13H10ClFN2O3S/c14-10-1-6-13(18)9(7-10)8-16-17-21(19,20)12-4-2-11(15)3-5-12/h1-8,17-18H/b16-8-. The molecule has 0 atom stereocenters. The van der Waals surface area contributed by atoms with E-state index in [1.54, 1.807) is 0 Å². The number of hydrazone groups is 1. The summed E-state index contributed by atoms with van der Waals surface area (Å²) in [5, 5.41) is 13.5. The van der Waals surface area contributed by atoms with Crippen molar-refractivity contribution in [3.05, 3.63) is 58.9 Å². The largest absolute Gasteiger partial charge is 0.507 e. The molecule has 2 aromatic rings. The molecule has 8 heteroatoms. The van der Waals surface area contributed by atoms with Crippen molar-refractivity contribution in [2.75, 3.05) is 0 Å². The van der Waals surface area contributed by atoms with Crippen molar-refractivity contribution in [2.24, 2.45) is 5.10 Å². The van der Waals surface area contributed by atoms with Crippen LogP contribution in [0.4, 0.5) is 4.39 Å². The second-order valence-corrected chi connectivity index (χ2v) is 6.11. The van der Waals surface area contributed by atoms with Gasteiger partial charge in [0.25, 0.3) is 10.0 Å². The first-order valence-corrected chi connectivity index (χ1v) is 7.53. The minimum Gasteiger partial charge on any atom is -0.507 e. The zero-order chi connectivity index (χ0) is 15.5. The number of halogens is 2. The maximum Gasteiger partial charge on any atom is 0.276 e. The van der Waals surface area contributed by atoms with Crippen LogP contribution in [0.15, 0.2) is 52.5 Å². The molecular formula is C13H10ClFN2O3S. The zero-order valence-electron chi connectivity index (χ0n) is 10.5. The Morgan fingerprint density at radius 1 is 1.19 bits per heavy atom. The van der Waals surface area contributed by atoms with Gasteiger partial charge in [-0.05, 0) is 42.5 Å². The van der Waals surface area contributed by atoms with Crippen molar-refractivity contribution in [1.82, 2.24) is 4.83 Å². The molecule has 0 aliphatic carbocycles. The Morgan fingerprint density at radius 3 is 2.52 bits per heavy atom.